The maximum atomic E-state index is 11.8. The van der Waals surface area contributed by atoms with Gasteiger partial charge < -0.3 is 24.3 Å². The molecule has 1 N–H and O–H groups in total. The summed E-state index contributed by atoms with van der Waals surface area (Å²) >= 11 is 0. The Bertz CT molecular complexity index is 482. The van der Waals surface area contributed by atoms with Crippen LogP contribution in [0.5, 0.6) is 0 Å². The molecule has 35 heavy (non-hydrogen) atoms. The van der Waals surface area contributed by atoms with Crippen LogP contribution in [0.25, 0.3) is 0 Å². The lowest BCUT2D eigenvalue weighted by atomic mass is 10.0. The van der Waals surface area contributed by atoms with E-state index < -0.39 is 0 Å². The molecule has 0 saturated heterocycles. The van der Waals surface area contributed by atoms with Crippen LogP contribution in [0.1, 0.15) is 131 Å². The molecular weight excluding hydrogens is 442 g/mol. The molecule has 0 bridgehead atoms. The number of nitrogens with one attached hydrogen (secondary N) is 1. The van der Waals surface area contributed by atoms with Crippen LogP contribution in [0.15, 0.2) is 0 Å². The molecule has 0 saturated carbocycles. The SMILES string of the molecule is CCCCCCCCCCCCCCOCCCNC(=O)OCCC(C)(C)OCCC(C)(C)OC. The molecule has 0 unspecified atom stereocenters. The minimum absolute atomic E-state index is 0.192. The molecule has 1 amide bonds. The van der Waals surface area contributed by atoms with Crippen molar-refractivity contribution in [3.8, 4) is 0 Å². The van der Waals surface area contributed by atoms with Crippen LogP contribution < -0.4 is 5.32 Å². The zero-order valence-corrected chi connectivity index (χ0v) is 24.2. The third kappa shape index (κ3) is 24.6. The summed E-state index contributed by atoms with van der Waals surface area (Å²) in [5.74, 6) is 0. The van der Waals surface area contributed by atoms with E-state index in [9.17, 15) is 4.79 Å². The lowest BCUT2D eigenvalue weighted by molar-refractivity contribution is -0.0662. The van der Waals surface area contributed by atoms with Gasteiger partial charge in [0.2, 0.25) is 0 Å². The van der Waals surface area contributed by atoms with Crippen molar-refractivity contribution in [2.75, 3.05) is 40.1 Å². The van der Waals surface area contributed by atoms with Crippen molar-refractivity contribution in [1.29, 1.82) is 0 Å². The van der Waals surface area contributed by atoms with Crippen molar-refractivity contribution in [2.45, 2.75) is 142 Å². The van der Waals surface area contributed by atoms with E-state index in [-0.39, 0.29) is 17.3 Å². The highest BCUT2D eigenvalue weighted by atomic mass is 16.6. The molecule has 6 heteroatoms. The molecule has 0 radical (unpaired) electrons. The lowest BCUT2D eigenvalue weighted by Gasteiger charge is -2.28. The zero-order valence-electron chi connectivity index (χ0n) is 24.2. The second-order valence-corrected chi connectivity index (χ2v) is 11.0. The van der Waals surface area contributed by atoms with Crippen LogP contribution in [0, 0.1) is 0 Å². The van der Waals surface area contributed by atoms with Gasteiger partial charge in [-0.1, -0.05) is 77.6 Å². The number of rotatable bonds is 25. The summed E-state index contributed by atoms with van der Waals surface area (Å²) in [6.07, 6.45) is 18.1. The van der Waals surface area contributed by atoms with Gasteiger partial charge in [-0.25, -0.2) is 4.79 Å². The average Bonchev–Trinajstić information content (AvgIpc) is 2.80. The van der Waals surface area contributed by atoms with Gasteiger partial charge in [-0.3, -0.25) is 0 Å². The number of hydrogen-bond donors (Lipinski definition) is 1. The van der Waals surface area contributed by atoms with Gasteiger partial charge >= 0.3 is 6.09 Å². The normalized spacial score (nSPS) is 12.2. The number of alkyl carbamates (subject to hydrolysis) is 1. The van der Waals surface area contributed by atoms with E-state index in [1.165, 1.54) is 70.6 Å². The Balaban J connectivity index is 3.41. The number of methoxy groups -OCH3 is 1. The topological polar surface area (TPSA) is 66.0 Å². The fourth-order valence-corrected chi connectivity index (χ4v) is 3.70. The number of carbonyl (C=O) groups is 1. The van der Waals surface area contributed by atoms with E-state index in [1.807, 2.05) is 27.7 Å². The molecule has 0 aromatic carbocycles. The molecule has 0 atom stereocenters. The first kappa shape index (κ1) is 34.1. The summed E-state index contributed by atoms with van der Waals surface area (Å²) < 4.78 is 22.3. The molecule has 6 nitrogen and oxygen atoms in total. The maximum Gasteiger partial charge on any atom is 0.407 e. The van der Waals surface area contributed by atoms with Crippen LogP contribution in [0.3, 0.4) is 0 Å². The van der Waals surface area contributed by atoms with Gasteiger partial charge in [0.25, 0.3) is 0 Å². The average molecular weight is 502 g/mol. The van der Waals surface area contributed by atoms with E-state index >= 15 is 0 Å². The molecule has 0 aliphatic rings. The Morgan fingerprint density at radius 3 is 1.74 bits per heavy atom. The maximum absolute atomic E-state index is 11.8. The second-order valence-electron chi connectivity index (χ2n) is 11.0. The smallest absolute Gasteiger partial charge is 0.407 e. The van der Waals surface area contributed by atoms with Gasteiger partial charge in [-0.15, -0.1) is 0 Å². The fraction of sp³-hybridized carbons (Fsp3) is 0.966. The summed E-state index contributed by atoms with van der Waals surface area (Å²) in [7, 11) is 1.71. The van der Waals surface area contributed by atoms with E-state index in [0.29, 0.717) is 32.8 Å². The number of carbonyl (C=O) groups excluding carboxylic acids is 1. The van der Waals surface area contributed by atoms with Crippen LogP contribution >= 0.6 is 0 Å². The van der Waals surface area contributed by atoms with E-state index in [2.05, 4.69) is 12.2 Å². The third-order valence-electron chi connectivity index (χ3n) is 6.56. The summed E-state index contributed by atoms with van der Waals surface area (Å²) in [6.45, 7) is 13.4. The Labute approximate surface area is 217 Å². The largest absolute Gasteiger partial charge is 0.449 e. The van der Waals surface area contributed by atoms with Gasteiger partial charge in [0, 0.05) is 33.3 Å². The Hall–Kier alpha value is -0.850. The molecule has 0 aliphatic heterocycles. The summed E-state index contributed by atoms with van der Waals surface area (Å²) in [5.41, 5.74) is -0.533. The predicted octanol–water partition coefficient (Wildman–Crippen LogP) is 7.82. The quantitative estimate of drug-likeness (QED) is 0.129. The molecule has 0 heterocycles. The first-order valence-electron chi connectivity index (χ1n) is 14.4. The van der Waals surface area contributed by atoms with Crippen molar-refractivity contribution < 1.29 is 23.7 Å². The number of hydrogen-bond acceptors (Lipinski definition) is 5. The van der Waals surface area contributed by atoms with E-state index in [0.717, 1.165) is 25.9 Å². The lowest BCUT2D eigenvalue weighted by Crippen LogP contribution is -2.32. The molecule has 0 aliphatic carbocycles. The predicted molar refractivity (Wildman–Crippen MR) is 146 cm³/mol. The minimum Gasteiger partial charge on any atom is -0.449 e. The molecule has 0 spiro atoms. The Morgan fingerprint density at radius 1 is 0.657 bits per heavy atom. The van der Waals surface area contributed by atoms with Crippen molar-refractivity contribution in [1.82, 2.24) is 5.32 Å². The Morgan fingerprint density at radius 2 is 1.17 bits per heavy atom. The van der Waals surface area contributed by atoms with Crippen molar-refractivity contribution in [3.63, 3.8) is 0 Å². The monoisotopic (exact) mass is 501 g/mol. The molecule has 0 aromatic heterocycles. The van der Waals surface area contributed by atoms with Crippen molar-refractivity contribution >= 4 is 6.09 Å². The highest BCUT2D eigenvalue weighted by Gasteiger charge is 2.22. The van der Waals surface area contributed by atoms with Crippen LogP contribution in [0.2, 0.25) is 0 Å². The Kier molecular flexibility index (Phi) is 21.8. The van der Waals surface area contributed by atoms with E-state index in [1.54, 1.807) is 7.11 Å². The van der Waals surface area contributed by atoms with E-state index in [4.69, 9.17) is 18.9 Å². The fourth-order valence-electron chi connectivity index (χ4n) is 3.70. The number of ether oxygens (including phenoxy) is 4. The van der Waals surface area contributed by atoms with Gasteiger partial charge in [0.1, 0.15) is 0 Å². The van der Waals surface area contributed by atoms with Crippen LogP contribution in [-0.4, -0.2) is 57.4 Å². The van der Waals surface area contributed by atoms with Gasteiger partial charge in [0.15, 0.2) is 0 Å². The summed E-state index contributed by atoms with van der Waals surface area (Å²) in [6, 6.07) is 0. The van der Waals surface area contributed by atoms with Gasteiger partial charge in [0.05, 0.1) is 24.4 Å². The second kappa shape index (κ2) is 22.4. The molecule has 210 valence electrons. The van der Waals surface area contributed by atoms with Crippen LogP contribution in [-0.2, 0) is 18.9 Å². The molecule has 0 rings (SSSR count). The highest BCUT2D eigenvalue weighted by molar-refractivity contribution is 5.66. The van der Waals surface area contributed by atoms with Crippen molar-refractivity contribution in [3.05, 3.63) is 0 Å². The van der Waals surface area contributed by atoms with Gasteiger partial charge in [-0.05, 0) is 47.0 Å². The van der Waals surface area contributed by atoms with Crippen molar-refractivity contribution in [2.24, 2.45) is 0 Å². The van der Waals surface area contributed by atoms with Crippen LogP contribution in [0.4, 0.5) is 4.79 Å². The number of unbranched alkanes of at least 4 members (excludes halogenated alkanes) is 11. The molecule has 0 fully saturated rings. The van der Waals surface area contributed by atoms with Gasteiger partial charge in [-0.2, -0.15) is 0 Å². The molecular formula is C29H59NO5. The summed E-state index contributed by atoms with van der Waals surface area (Å²) in [4.78, 5) is 11.8. The third-order valence-corrected chi connectivity index (χ3v) is 6.56. The standard InChI is InChI=1S/C29H59NO5/c1-7-8-9-10-11-12-13-14-15-16-17-18-23-33-24-19-22-30-27(31)34-25-20-29(4,5)35-26-21-28(2,3)32-6/h7-26H2,1-6H3,(H,30,31). The molecule has 0 aromatic rings. The zero-order chi connectivity index (χ0) is 26.3. The highest BCUT2D eigenvalue weighted by Crippen LogP contribution is 2.19. The number of amides is 1. The first-order valence-corrected chi connectivity index (χ1v) is 14.4. The first-order chi connectivity index (χ1) is 16.7. The minimum atomic E-state index is -0.373. The summed E-state index contributed by atoms with van der Waals surface area (Å²) in [5, 5.41) is 2.79.